The molecule has 17 heavy (non-hydrogen) atoms. The van der Waals surface area contributed by atoms with E-state index in [1.54, 1.807) is 17.8 Å². The Labute approximate surface area is 117 Å². The number of rotatable bonds is 5. The van der Waals surface area contributed by atoms with Crippen molar-refractivity contribution in [1.82, 2.24) is 4.98 Å². The second-order valence-corrected chi connectivity index (χ2v) is 5.51. The van der Waals surface area contributed by atoms with Crippen LogP contribution >= 0.6 is 35.0 Å². The molecule has 2 N–H and O–H groups in total. The SMILES string of the molecule is CCC(CSC)N(C)c1nc(N)c(Cl)cc1Cl. The van der Waals surface area contributed by atoms with Gasteiger partial charge < -0.3 is 10.6 Å². The molecule has 0 saturated heterocycles. The van der Waals surface area contributed by atoms with Gasteiger partial charge in [-0.2, -0.15) is 11.8 Å². The highest BCUT2D eigenvalue weighted by Gasteiger charge is 2.18. The molecule has 0 aromatic carbocycles. The lowest BCUT2D eigenvalue weighted by Gasteiger charge is -2.28. The fourth-order valence-corrected chi connectivity index (χ4v) is 2.92. The van der Waals surface area contributed by atoms with Gasteiger partial charge in [0.25, 0.3) is 0 Å². The standard InChI is InChI=1S/C11H17Cl2N3S/c1-4-7(6-17-3)16(2)11-9(13)5-8(12)10(14)15-11/h5,7H,4,6H2,1-3H3,(H2,14,15). The number of aromatic nitrogens is 1. The molecule has 1 unspecified atom stereocenters. The van der Waals surface area contributed by atoms with Crippen LogP contribution in [0, 0.1) is 0 Å². The monoisotopic (exact) mass is 293 g/mol. The summed E-state index contributed by atoms with van der Waals surface area (Å²) < 4.78 is 0. The minimum absolute atomic E-state index is 0.317. The number of nitrogens with zero attached hydrogens (tertiary/aromatic N) is 2. The van der Waals surface area contributed by atoms with E-state index in [0.29, 0.717) is 27.7 Å². The molecular formula is C11H17Cl2N3S. The van der Waals surface area contributed by atoms with Crippen molar-refractivity contribution >= 4 is 46.6 Å². The summed E-state index contributed by atoms with van der Waals surface area (Å²) >= 11 is 13.8. The Kier molecular flexibility index (Phi) is 5.70. The molecular weight excluding hydrogens is 277 g/mol. The molecule has 1 aromatic heterocycles. The van der Waals surface area contributed by atoms with Crippen LogP contribution in [0.25, 0.3) is 0 Å². The Balaban J connectivity index is 3.02. The Morgan fingerprint density at radius 2 is 2.12 bits per heavy atom. The molecule has 0 fully saturated rings. The normalized spacial score (nSPS) is 12.5. The minimum Gasteiger partial charge on any atom is -0.382 e. The van der Waals surface area contributed by atoms with Gasteiger partial charge in [0.1, 0.15) is 11.6 Å². The number of halogens is 2. The fraction of sp³-hybridized carbons (Fsp3) is 0.545. The van der Waals surface area contributed by atoms with Crippen LogP contribution in [0.1, 0.15) is 13.3 Å². The molecule has 1 atom stereocenters. The second kappa shape index (κ2) is 6.57. The molecule has 3 nitrogen and oxygen atoms in total. The van der Waals surface area contributed by atoms with E-state index in [9.17, 15) is 0 Å². The van der Waals surface area contributed by atoms with Gasteiger partial charge in [-0.25, -0.2) is 4.98 Å². The highest BCUT2D eigenvalue weighted by molar-refractivity contribution is 7.98. The summed E-state index contributed by atoms with van der Waals surface area (Å²) in [7, 11) is 1.98. The average molecular weight is 294 g/mol. The highest BCUT2D eigenvalue weighted by atomic mass is 35.5. The van der Waals surface area contributed by atoms with Gasteiger partial charge in [-0.3, -0.25) is 0 Å². The van der Waals surface area contributed by atoms with Gasteiger partial charge in [-0.15, -0.1) is 0 Å². The number of pyridine rings is 1. The summed E-state index contributed by atoms with van der Waals surface area (Å²) in [5.74, 6) is 2.03. The van der Waals surface area contributed by atoms with Crippen molar-refractivity contribution in [2.45, 2.75) is 19.4 Å². The summed E-state index contributed by atoms with van der Waals surface area (Å²) in [4.78, 5) is 6.31. The quantitative estimate of drug-likeness (QED) is 0.902. The first kappa shape index (κ1) is 14.7. The zero-order valence-corrected chi connectivity index (χ0v) is 12.5. The first-order chi connectivity index (χ1) is 8.01. The van der Waals surface area contributed by atoms with Gasteiger partial charge in [-0.1, -0.05) is 30.1 Å². The van der Waals surface area contributed by atoms with Crippen LogP contribution in [0.2, 0.25) is 10.0 Å². The molecule has 0 radical (unpaired) electrons. The molecule has 0 amide bonds. The number of nitrogens with two attached hydrogens (primary N) is 1. The van der Waals surface area contributed by atoms with Crippen LogP contribution in [-0.2, 0) is 0 Å². The molecule has 1 rings (SSSR count). The van der Waals surface area contributed by atoms with Crippen LogP contribution in [-0.4, -0.2) is 30.1 Å². The summed E-state index contributed by atoms with van der Waals surface area (Å²) in [6, 6.07) is 2.03. The van der Waals surface area contributed by atoms with Crippen molar-refractivity contribution in [3.05, 3.63) is 16.1 Å². The number of nitrogen functional groups attached to an aromatic ring is 1. The van der Waals surface area contributed by atoms with Crippen LogP contribution < -0.4 is 10.6 Å². The van der Waals surface area contributed by atoms with Crippen molar-refractivity contribution in [2.24, 2.45) is 0 Å². The Morgan fingerprint density at radius 1 is 1.47 bits per heavy atom. The third kappa shape index (κ3) is 3.57. The van der Waals surface area contributed by atoms with E-state index in [0.717, 1.165) is 12.2 Å². The van der Waals surface area contributed by atoms with Crippen molar-refractivity contribution in [3.8, 4) is 0 Å². The first-order valence-corrected chi connectivity index (χ1v) is 7.49. The van der Waals surface area contributed by atoms with E-state index in [1.165, 1.54) is 0 Å². The van der Waals surface area contributed by atoms with Gasteiger partial charge in [0, 0.05) is 18.8 Å². The molecule has 0 spiro atoms. The van der Waals surface area contributed by atoms with Gasteiger partial charge in [-0.05, 0) is 18.7 Å². The van der Waals surface area contributed by atoms with Gasteiger partial charge in [0.15, 0.2) is 0 Å². The molecule has 0 bridgehead atoms. The van der Waals surface area contributed by atoms with Crippen LogP contribution in [0.4, 0.5) is 11.6 Å². The van der Waals surface area contributed by atoms with Crippen LogP contribution in [0.15, 0.2) is 6.07 Å². The van der Waals surface area contributed by atoms with Gasteiger partial charge in [0.05, 0.1) is 10.0 Å². The zero-order valence-electron chi connectivity index (χ0n) is 10.2. The summed E-state index contributed by atoms with van der Waals surface area (Å²) in [5.41, 5.74) is 5.71. The average Bonchev–Trinajstić information content (AvgIpc) is 2.30. The number of thioether (sulfide) groups is 1. The zero-order chi connectivity index (χ0) is 13.0. The molecule has 0 aliphatic carbocycles. The largest absolute Gasteiger partial charge is 0.382 e. The molecule has 0 saturated carbocycles. The molecule has 96 valence electrons. The van der Waals surface area contributed by atoms with E-state index >= 15 is 0 Å². The van der Waals surface area contributed by atoms with E-state index in [-0.39, 0.29) is 0 Å². The van der Waals surface area contributed by atoms with Crippen LogP contribution in [0.3, 0.4) is 0 Å². The topological polar surface area (TPSA) is 42.2 Å². The Hall–Kier alpha value is -0.320. The number of anilines is 2. The number of hydrogen-bond acceptors (Lipinski definition) is 4. The molecule has 6 heteroatoms. The Bertz CT molecular complexity index is 387. The second-order valence-electron chi connectivity index (χ2n) is 3.79. The van der Waals surface area contributed by atoms with Crippen molar-refractivity contribution in [2.75, 3.05) is 29.7 Å². The highest BCUT2D eigenvalue weighted by Crippen LogP contribution is 2.31. The predicted molar refractivity (Wildman–Crippen MR) is 79.5 cm³/mol. The Morgan fingerprint density at radius 3 is 2.65 bits per heavy atom. The minimum atomic E-state index is 0.317. The lowest BCUT2D eigenvalue weighted by atomic mass is 10.2. The molecule has 1 aromatic rings. The van der Waals surface area contributed by atoms with E-state index in [4.69, 9.17) is 28.9 Å². The van der Waals surface area contributed by atoms with Crippen molar-refractivity contribution in [3.63, 3.8) is 0 Å². The molecule has 1 heterocycles. The lowest BCUT2D eigenvalue weighted by molar-refractivity contribution is 0.666. The van der Waals surface area contributed by atoms with Crippen LogP contribution in [0.5, 0.6) is 0 Å². The predicted octanol–water partition coefficient (Wildman–Crippen LogP) is 3.55. The maximum atomic E-state index is 6.15. The third-order valence-electron chi connectivity index (χ3n) is 2.65. The van der Waals surface area contributed by atoms with Crippen molar-refractivity contribution in [1.29, 1.82) is 0 Å². The lowest BCUT2D eigenvalue weighted by Crippen LogP contribution is -2.34. The molecule has 0 aliphatic heterocycles. The molecule has 0 aliphatic rings. The maximum Gasteiger partial charge on any atom is 0.149 e. The van der Waals surface area contributed by atoms with Crippen molar-refractivity contribution < 1.29 is 0 Å². The van der Waals surface area contributed by atoms with E-state index < -0.39 is 0 Å². The number of hydrogen-bond donors (Lipinski definition) is 1. The summed E-state index contributed by atoms with van der Waals surface area (Å²) in [5, 5.41) is 0.927. The van der Waals surface area contributed by atoms with E-state index in [2.05, 4.69) is 23.1 Å². The summed E-state index contributed by atoms with van der Waals surface area (Å²) in [6.45, 7) is 2.14. The van der Waals surface area contributed by atoms with E-state index in [1.807, 2.05) is 7.05 Å². The smallest absolute Gasteiger partial charge is 0.149 e. The third-order valence-corrected chi connectivity index (χ3v) is 3.95. The summed E-state index contributed by atoms with van der Waals surface area (Å²) in [6.07, 6.45) is 3.11. The van der Waals surface area contributed by atoms with Gasteiger partial charge >= 0.3 is 0 Å². The maximum absolute atomic E-state index is 6.15. The fourth-order valence-electron chi connectivity index (χ4n) is 1.59. The first-order valence-electron chi connectivity index (χ1n) is 5.34. The van der Waals surface area contributed by atoms with Gasteiger partial charge in [0.2, 0.25) is 0 Å².